The van der Waals surface area contributed by atoms with E-state index in [9.17, 15) is 4.79 Å². The highest BCUT2D eigenvalue weighted by Crippen LogP contribution is 2.19. The van der Waals surface area contributed by atoms with Crippen LogP contribution in [0.25, 0.3) is 0 Å². The zero-order valence-electron chi connectivity index (χ0n) is 5.00. The molecule has 0 saturated heterocycles. The molecule has 0 spiro atoms. The van der Waals surface area contributed by atoms with E-state index in [1.807, 2.05) is 0 Å². The number of carbonyl (C=O) groups excluding carboxylic acids is 1. The quantitative estimate of drug-likeness (QED) is 0.498. The summed E-state index contributed by atoms with van der Waals surface area (Å²) in [7, 11) is 0. The van der Waals surface area contributed by atoms with Crippen molar-refractivity contribution in [1.29, 1.82) is 0 Å². The van der Waals surface area contributed by atoms with E-state index in [1.54, 1.807) is 11.4 Å². The summed E-state index contributed by atoms with van der Waals surface area (Å²) in [6.07, 6.45) is 1.46. The van der Waals surface area contributed by atoms with Crippen molar-refractivity contribution in [2.45, 2.75) is 6.54 Å². The summed E-state index contributed by atoms with van der Waals surface area (Å²) in [6.45, 7) is 0.390. The van der Waals surface area contributed by atoms with Crippen LogP contribution in [0.5, 0.6) is 0 Å². The lowest BCUT2D eigenvalue weighted by molar-refractivity contribution is 0.563. The molecular weight excluding hydrogens is 170 g/mol. The van der Waals surface area contributed by atoms with Crippen LogP contribution in [0.15, 0.2) is 16.4 Å². The fraction of sp³-hybridized carbons (Fsp3) is 0.167. The number of isocyanates is 1. The molecule has 10 heavy (non-hydrogen) atoms. The van der Waals surface area contributed by atoms with Crippen LogP contribution < -0.4 is 0 Å². The van der Waals surface area contributed by atoms with Gasteiger partial charge in [-0.3, -0.25) is 0 Å². The van der Waals surface area contributed by atoms with Crippen LogP contribution in [0.1, 0.15) is 4.88 Å². The van der Waals surface area contributed by atoms with Crippen molar-refractivity contribution in [1.82, 2.24) is 0 Å². The average molecular weight is 174 g/mol. The highest BCUT2D eigenvalue weighted by atomic mass is 35.5. The Morgan fingerprint density at radius 2 is 2.60 bits per heavy atom. The van der Waals surface area contributed by atoms with Crippen LogP contribution in [-0.4, -0.2) is 6.08 Å². The highest BCUT2D eigenvalue weighted by Gasteiger charge is 1.94. The third kappa shape index (κ3) is 1.95. The SMILES string of the molecule is O=C=NCc1cc(Cl)cs1. The summed E-state index contributed by atoms with van der Waals surface area (Å²) in [5.41, 5.74) is 0. The minimum absolute atomic E-state index is 0.390. The van der Waals surface area contributed by atoms with Crippen LogP contribution in [0.4, 0.5) is 0 Å². The number of hydrogen-bond acceptors (Lipinski definition) is 3. The number of nitrogens with zero attached hydrogens (tertiary/aromatic N) is 1. The largest absolute Gasteiger partial charge is 0.235 e. The molecule has 0 aliphatic heterocycles. The lowest BCUT2D eigenvalue weighted by Gasteiger charge is -1.80. The number of thiophene rings is 1. The van der Waals surface area contributed by atoms with Gasteiger partial charge in [0.25, 0.3) is 0 Å². The van der Waals surface area contributed by atoms with Gasteiger partial charge >= 0.3 is 0 Å². The van der Waals surface area contributed by atoms with Crippen LogP contribution in [0.2, 0.25) is 5.02 Å². The predicted octanol–water partition coefficient (Wildman–Crippen LogP) is 2.24. The topological polar surface area (TPSA) is 29.4 Å². The Morgan fingerprint density at radius 3 is 3.10 bits per heavy atom. The number of aliphatic imine (C=N–C) groups is 1. The van der Waals surface area contributed by atoms with Gasteiger partial charge in [-0.2, -0.15) is 0 Å². The van der Waals surface area contributed by atoms with E-state index < -0.39 is 0 Å². The molecule has 2 nitrogen and oxygen atoms in total. The first-order valence-electron chi connectivity index (χ1n) is 2.59. The second-order valence-electron chi connectivity index (χ2n) is 1.64. The van der Waals surface area contributed by atoms with Gasteiger partial charge in [0.1, 0.15) is 0 Å². The van der Waals surface area contributed by atoms with Crippen molar-refractivity contribution in [3.63, 3.8) is 0 Å². The second kappa shape index (κ2) is 3.52. The summed E-state index contributed by atoms with van der Waals surface area (Å²) in [5.74, 6) is 0. The van der Waals surface area contributed by atoms with Crippen molar-refractivity contribution in [3.05, 3.63) is 21.3 Å². The molecule has 1 rings (SSSR count). The molecule has 1 aromatic rings. The molecule has 0 N–H and O–H groups in total. The van der Waals surface area contributed by atoms with Crippen LogP contribution in [-0.2, 0) is 11.3 Å². The van der Waals surface area contributed by atoms with E-state index in [1.165, 1.54) is 17.4 Å². The molecule has 4 heteroatoms. The summed E-state index contributed by atoms with van der Waals surface area (Å²) in [5, 5.41) is 2.50. The molecular formula is C6H4ClNOS. The lowest BCUT2D eigenvalue weighted by atomic mass is 10.5. The smallest absolute Gasteiger partial charge is 0.211 e. The predicted molar refractivity (Wildman–Crippen MR) is 41.2 cm³/mol. The Morgan fingerprint density at radius 1 is 1.80 bits per heavy atom. The molecule has 0 radical (unpaired) electrons. The summed E-state index contributed by atoms with van der Waals surface area (Å²) >= 11 is 7.09. The van der Waals surface area contributed by atoms with Gasteiger partial charge in [-0.25, -0.2) is 9.79 Å². The Hall–Kier alpha value is -0.630. The maximum absolute atomic E-state index is 9.66. The third-order valence-electron chi connectivity index (χ3n) is 0.921. The molecule has 0 fully saturated rings. The third-order valence-corrected chi connectivity index (χ3v) is 2.19. The van der Waals surface area contributed by atoms with E-state index in [4.69, 9.17) is 11.6 Å². The van der Waals surface area contributed by atoms with Gasteiger partial charge in [0.05, 0.1) is 11.6 Å². The molecule has 0 aliphatic rings. The standard InChI is InChI=1S/C6H4ClNOS/c7-5-1-6(10-3-5)2-8-4-9/h1,3H,2H2. The lowest BCUT2D eigenvalue weighted by Crippen LogP contribution is -1.69. The molecule has 0 unspecified atom stereocenters. The maximum atomic E-state index is 9.66. The van der Waals surface area contributed by atoms with Gasteiger partial charge in [-0.15, -0.1) is 11.3 Å². The first-order chi connectivity index (χ1) is 4.83. The molecule has 52 valence electrons. The molecule has 0 amide bonds. The molecule has 0 atom stereocenters. The fourth-order valence-corrected chi connectivity index (χ4v) is 1.54. The van der Waals surface area contributed by atoms with Crippen molar-refractivity contribution >= 4 is 29.0 Å². The zero-order chi connectivity index (χ0) is 7.40. The van der Waals surface area contributed by atoms with Crippen LogP contribution in [0, 0.1) is 0 Å². The van der Waals surface area contributed by atoms with E-state index >= 15 is 0 Å². The molecule has 0 aromatic carbocycles. The van der Waals surface area contributed by atoms with Gasteiger partial charge in [0.15, 0.2) is 0 Å². The van der Waals surface area contributed by atoms with Crippen molar-refractivity contribution in [2.24, 2.45) is 4.99 Å². The van der Waals surface area contributed by atoms with Crippen LogP contribution >= 0.6 is 22.9 Å². The number of hydrogen-bond donors (Lipinski definition) is 0. The Bertz CT molecular complexity index is 264. The summed E-state index contributed by atoms with van der Waals surface area (Å²) in [4.78, 5) is 14.0. The maximum Gasteiger partial charge on any atom is 0.235 e. The average Bonchev–Trinajstić information content (AvgIpc) is 2.31. The minimum atomic E-state index is 0.390. The summed E-state index contributed by atoms with van der Waals surface area (Å²) < 4.78 is 0. The van der Waals surface area contributed by atoms with Gasteiger partial charge in [-0.05, 0) is 6.07 Å². The molecule has 0 aliphatic carbocycles. The van der Waals surface area contributed by atoms with E-state index in [2.05, 4.69) is 4.99 Å². The monoisotopic (exact) mass is 173 g/mol. The first kappa shape index (κ1) is 7.48. The highest BCUT2D eigenvalue weighted by molar-refractivity contribution is 7.10. The molecule has 1 heterocycles. The Balaban J connectivity index is 2.66. The zero-order valence-corrected chi connectivity index (χ0v) is 6.58. The first-order valence-corrected chi connectivity index (χ1v) is 3.85. The number of rotatable bonds is 2. The van der Waals surface area contributed by atoms with Gasteiger partial charge in [-0.1, -0.05) is 11.6 Å². The van der Waals surface area contributed by atoms with E-state index in [0.717, 1.165) is 4.88 Å². The fourth-order valence-electron chi connectivity index (χ4n) is 0.547. The number of halogens is 1. The van der Waals surface area contributed by atoms with Crippen molar-refractivity contribution in [3.8, 4) is 0 Å². The van der Waals surface area contributed by atoms with Gasteiger partial charge < -0.3 is 0 Å². The van der Waals surface area contributed by atoms with Gasteiger partial charge in [0.2, 0.25) is 6.08 Å². The van der Waals surface area contributed by atoms with Gasteiger partial charge in [0, 0.05) is 10.3 Å². The normalized spacial score (nSPS) is 8.90. The van der Waals surface area contributed by atoms with E-state index in [-0.39, 0.29) is 0 Å². The Labute approximate surface area is 67.2 Å². The van der Waals surface area contributed by atoms with Crippen molar-refractivity contribution in [2.75, 3.05) is 0 Å². The van der Waals surface area contributed by atoms with Crippen molar-refractivity contribution < 1.29 is 4.79 Å². The molecule has 0 bridgehead atoms. The Kier molecular flexibility index (Phi) is 2.63. The molecule has 1 aromatic heterocycles. The second-order valence-corrected chi connectivity index (χ2v) is 3.07. The van der Waals surface area contributed by atoms with Crippen LogP contribution in [0.3, 0.4) is 0 Å². The minimum Gasteiger partial charge on any atom is -0.211 e. The summed E-state index contributed by atoms with van der Waals surface area (Å²) in [6, 6.07) is 1.78. The molecule has 0 saturated carbocycles. The van der Waals surface area contributed by atoms with E-state index in [0.29, 0.717) is 11.6 Å².